The maximum atomic E-state index is 13.8. The molecule has 3 rings (SSSR count). The molecular weight excluding hydrogens is 453 g/mol. The Bertz CT molecular complexity index is 1200. The van der Waals surface area contributed by atoms with Crippen LogP contribution in [0.4, 0.5) is 22.0 Å². The summed E-state index contributed by atoms with van der Waals surface area (Å²) < 4.78 is 94.6. The van der Waals surface area contributed by atoms with Crippen molar-refractivity contribution < 1.29 is 34.6 Å². The Labute approximate surface area is 181 Å². The van der Waals surface area contributed by atoms with Crippen LogP contribution >= 0.6 is 0 Å². The van der Waals surface area contributed by atoms with Crippen molar-refractivity contribution in [3.63, 3.8) is 0 Å². The van der Waals surface area contributed by atoms with E-state index in [0.717, 1.165) is 24.3 Å². The molecule has 0 radical (unpaired) electrons. The molecule has 0 amide bonds. The summed E-state index contributed by atoms with van der Waals surface area (Å²) in [6.45, 7) is 0.673. The molecule has 0 aliphatic heterocycles. The number of hydrogen-bond donors (Lipinski definition) is 1. The highest BCUT2D eigenvalue weighted by Gasteiger charge is 2.30. The van der Waals surface area contributed by atoms with Crippen LogP contribution < -0.4 is 9.50 Å². The molecule has 0 fully saturated rings. The highest BCUT2D eigenvalue weighted by molar-refractivity contribution is 7.87. The van der Waals surface area contributed by atoms with Crippen LogP contribution in [-0.2, 0) is 29.3 Å². The van der Waals surface area contributed by atoms with E-state index in [1.54, 1.807) is 12.1 Å². The van der Waals surface area contributed by atoms with Gasteiger partial charge in [0.25, 0.3) is 0 Å². The molecule has 0 spiro atoms. The van der Waals surface area contributed by atoms with E-state index >= 15 is 0 Å². The molecular formula is C22H18F5NO3S. The minimum absolute atomic E-state index is 0.0640. The Kier molecular flexibility index (Phi) is 7.15. The Balaban J connectivity index is 1.58. The normalized spacial score (nSPS) is 12.0. The molecule has 170 valence electrons. The van der Waals surface area contributed by atoms with Gasteiger partial charge in [-0.25, -0.2) is 8.78 Å². The van der Waals surface area contributed by atoms with Gasteiger partial charge >= 0.3 is 16.3 Å². The number of hydrogen-bond acceptors (Lipinski definition) is 4. The third-order valence-electron chi connectivity index (χ3n) is 4.44. The first-order valence-corrected chi connectivity index (χ1v) is 10.8. The van der Waals surface area contributed by atoms with E-state index in [-0.39, 0.29) is 5.75 Å². The average molecular weight is 471 g/mol. The van der Waals surface area contributed by atoms with E-state index in [9.17, 15) is 30.4 Å². The summed E-state index contributed by atoms with van der Waals surface area (Å²) in [7, 11) is -4.51. The van der Waals surface area contributed by atoms with Crippen LogP contribution in [0.25, 0.3) is 0 Å². The number of benzene rings is 3. The van der Waals surface area contributed by atoms with E-state index in [1.807, 2.05) is 0 Å². The van der Waals surface area contributed by atoms with Gasteiger partial charge in [-0.05, 0) is 54.4 Å². The predicted molar refractivity (Wildman–Crippen MR) is 107 cm³/mol. The van der Waals surface area contributed by atoms with Crippen molar-refractivity contribution >= 4 is 10.1 Å². The molecule has 0 bridgehead atoms. The van der Waals surface area contributed by atoms with Crippen LogP contribution in [0.2, 0.25) is 0 Å². The van der Waals surface area contributed by atoms with Gasteiger partial charge in [-0.1, -0.05) is 30.3 Å². The smallest absolute Gasteiger partial charge is 0.379 e. The zero-order valence-electron chi connectivity index (χ0n) is 16.5. The molecule has 32 heavy (non-hydrogen) atoms. The molecule has 0 saturated carbocycles. The first-order valence-electron chi connectivity index (χ1n) is 9.40. The van der Waals surface area contributed by atoms with Crippen LogP contribution in [0.3, 0.4) is 0 Å². The minimum atomic E-state index is -4.51. The fraction of sp³-hybridized carbons (Fsp3) is 0.182. The summed E-state index contributed by atoms with van der Waals surface area (Å²) in [4.78, 5) is -0.788. The van der Waals surface area contributed by atoms with Crippen molar-refractivity contribution in [2.75, 3.05) is 6.54 Å². The molecule has 0 saturated heterocycles. The SMILES string of the molecule is O=S(=O)(Oc1cccc(CNCCc2cccc(C(F)(F)F)c2)c1)c1ccc(F)cc1F. The van der Waals surface area contributed by atoms with Crippen molar-refractivity contribution in [2.24, 2.45) is 0 Å². The lowest BCUT2D eigenvalue weighted by molar-refractivity contribution is -0.137. The number of rotatable bonds is 8. The lowest BCUT2D eigenvalue weighted by Gasteiger charge is -2.11. The highest BCUT2D eigenvalue weighted by Crippen LogP contribution is 2.29. The lowest BCUT2D eigenvalue weighted by atomic mass is 10.1. The Morgan fingerprint density at radius 3 is 2.31 bits per heavy atom. The van der Waals surface area contributed by atoms with Gasteiger partial charge in [0, 0.05) is 12.6 Å². The molecule has 1 N–H and O–H groups in total. The van der Waals surface area contributed by atoms with E-state index in [2.05, 4.69) is 5.32 Å². The molecule has 0 atom stereocenters. The Morgan fingerprint density at radius 1 is 0.875 bits per heavy atom. The van der Waals surface area contributed by atoms with Crippen molar-refractivity contribution in [3.8, 4) is 5.75 Å². The van der Waals surface area contributed by atoms with Gasteiger partial charge in [-0.3, -0.25) is 0 Å². The third-order valence-corrected chi connectivity index (χ3v) is 5.72. The van der Waals surface area contributed by atoms with Gasteiger partial charge < -0.3 is 9.50 Å². The first kappa shape index (κ1) is 23.7. The summed E-state index contributed by atoms with van der Waals surface area (Å²) in [6, 6.07) is 13.1. The topological polar surface area (TPSA) is 55.4 Å². The van der Waals surface area contributed by atoms with E-state index in [4.69, 9.17) is 4.18 Å². The molecule has 10 heteroatoms. The maximum Gasteiger partial charge on any atom is 0.416 e. The predicted octanol–water partition coefficient (Wildman–Crippen LogP) is 5.08. The molecule has 0 aliphatic carbocycles. The second kappa shape index (κ2) is 9.66. The molecule has 0 unspecified atom stereocenters. The zero-order valence-corrected chi connectivity index (χ0v) is 17.3. The van der Waals surface area contributed by atoms with Crippen molar-refractivity contribution in [1.29, 1.82) is 0 Å². The van der Waals surface area contributed by atoms with Gasteiger partial charge in [0.2, 0.25) is 0 Å². The van der Waals surface area contributed by atoms with Gasteiger partial charge in [0.1, 0.15) is 22.3 Å². The summed E-state index contributed by atoms with van der Waals surface area (Å²) >= 11 is 0. The number of halogens is 5. The number of nitrogens with one attached hydrogen (secondary N) is 1. The Morgan fingerprint density at radius 2 is 1.59 bits per heavy atom. The van der Waals surface area contributed by atoms with Crippen LogP contribution in [0.1, 0.15) is 16.7 Å². The fourth-order valence-electron chi connectivity index (χ4n) is 2.93. The van der Waals surface area contributed by atoms with Crippen LogP contribution in [0.5, 0.6) is 5.75 Å². The number of alkyl halides is 3. The van der Waals surface area contributed by atoms with E-state index in [1.165, 1.54) is 24.3 Å². The molecule has 0 heterocycles. The molecule has 0 aliphatic rings. The van der Waals surface area contributed by atoms with Crippen molar-refractivity contribution in [1.82, 2.24) is 5.32 Å². The van der Waals surface area contributed by atoms with Gasteiger partial charge in [0.05, 0.1) is 5.56 Å². The second-order valence-electron chi connectivity index (χ2n) is 6.88. The first-order chi connectivity index (χ1) is 15.0. The largest absolute Gasteiger partial charge is 0.416 e. The summed E-state index contributed by atoms with van der Waals surface area (Å²) in [6.07, 6.45) is -4.04. The van der Waals surface area contributed by atoms with Crippen LogP contribution in [0.15, 0.2) is 71.6 Å². The van der Waals surface area contributed by atoms with Gasteiger partial charge in [-0.15, -0.1) is 0 Å². The third kappa shape index (κ3) is 6.27. The standard InChI is InChI=1S/C22H18F5NO3S/c23-18-7-8-21(20(24)13-18)32(29,30)31-19-6-2-4-16(12-19)14-28-10-9-15-3-1-5-17(11-15)22(25,26)27/h1-8,11-13,28H,9-10,14H2. The van der Waals surface area contributed by atoms with Gasteiger partial charge in [0.15, 0.2) is 0 Å². The lowest BCUT2D eigenvalue weighted by Crippen LogP contribution is -2.17. The monoisotopic (exact) mass is 471 g/mol. The van der Waals surface area contributed by atoms with Crippen LogP contribution in [-0.4, -0.2) is 15.0 Å². The van der Waals surface area contributed by atoms with Crippen LogP contribution in [0, 0.1) is 11.6 Å². The van der Waals surface area contributed by atoms with Gasteiger partial charge in [-0.2, -0.15) is 21.6 Å². The average Bonchev–Trinajstić information content (AvgIpc) is 2.70. The summed E-state index contributed by atoms with van der Waals surface area (Å²) in [5.41, 5.74) is 0.455. The molecule has 3 aromatic carbocycles. The second-order valence-corrected chi connectivity index (χ2v) is 8.40. The summed E-state index contributed by atoms with van der Waals surface area (Å²) in [5.74, 6) is -2.25. The quantitative estimate of drug-likeness (QED) is 0.283. The Hall–Kier alpha value is -2.98. The van der Waals surface area contributed by atoms with E-state index in [0.29, 0.717) is 36.7 Å². The van der Waals surface area contributed by atoms with Crippen molar-refractivity contribution in [2.45, 2.75) is 24.0 Å². The fourth-order valence-corrected chi connectivity index (χ4v) is 3.90. The summed E-state index contributed by atoms with van der Waals surface area (Å²) in [5, 5.41) is 3.06. The zero-order chi connectivity index (χ0) is 23.4. The molecule has 4 nitrogen and oxygen atoms in total. The highest BCUT2D eigenvalue weighted by atomic mass is 32.2. The maximum absolute atomic E-state index is 13.8. The van der Waals surface area contributed by atoms with Crippen molar-refractivity contribution in [3.05, 3.63) is 95.1 Å². The molecule has 0 aromatic heterocycles. The van der Waals surface area contributed by atoms with E-state index < -0.39 is 38.4 Å². The molecule has 3 aromatic rings. The minimum Gasteiger partial charge on any atom is -0.379 e.